The van der Waals surface area contributed by atoms with Gasteiger partial charge in [-0.15, -0.1) is 0 Å². The van der Waals surface area contributed by atoms with Gasteiger partial charge >= 0.3 is 0 Å². The van der Waals surface area contributed by atoms with E-state index in [9.17, 15) is 9.00 Å². The molecule has 2 aromatic carbocycles. The second-order valence-corrected chi connectivity index (χ2v) is 8.25. The molecule has 1 aliphatic heterocycles. The maximum Gasteiger partial charge on any atom is 0.253 e. The molecule has 2 atom stereocenters. The van der Waals surface area contributed by atoms with Crippen molar-refractivity contribution in [1.82, 2.24) is 0 Å². The highest BCUT2D eigenvalue weighted by atomic mass is 32.2. The largest absolute Gasteiger partial charge is 0.272 e. The summed E-state index contributed by atoms with van der Waals surface area (Å²) in [5.41, 5.74) is 1.91. The summed E-state index contributed by atoms with van der Waals surface area (Å²) in [7, 11) is -2.53. The number of amides is 1. The van der Waals surface area contributed by atoms with Crippen LogP contribution in [0.15, 0.2) is 53.5 Å². The number of hydrogen-bond acceptors (Lipinski definition) is 3. The summed E-state index contributed by atoms with van der Waals surface area (Å²) in [6.07, 6.45) is 4.01. The molecule has 118 valence electrons. The van der Waals surface area contributed by atoms with E-state index in [1.807, 2.05) is 54.6 Å². The van der Waals surface area contributed by atoms with E-state index in [0.29, 0.717) is 6.42 Å². The van der Waals surface area contributed by atoms with Crippen LogP contribution in [0.1, 0.15) is 11.1 Å². The number of rotatable bonds is 4. The molecule has 2 unspecified atom stereocenters. The minimum atomic E-state index is -2.53. The molecule has 1 N–H and O–H groups in total. The minimum absolute atomic E-state index is 0.115. The van der Waals surface area contributed by atoms with Crippen molar-refractivity contribution in [2.24, 2.45) is 10.9 Å². The molecule has 3 rings (SSSR count). The number of nitrogens with one attached hydrogen (secondary N) is 1. The van der Waals surface area contributed by atoms with Gasteiger partial charge in [0.2, 0.25) is 0 Å². The fourth-order valence-electron chi connectivity index (χ4n) is 2.71. The summed E-state index contributed by atoms with van der Waals surface area (Å²) in [4.78, 5) is 16.3. The second kappa shape index (κ2) is 6.08. The van der Waals surface area contributed by atoms with Crippen LogP contribution in [0, 0.1) is 10.7 Å². The van der Waals surface area contributed by atoms with Gasteiger partial charge in [0, 0.05) is 16.0 Å². The highest BCUT2D eigenvalue weighted by molar-refractivity contribution is 7.90. The highest BCUT2D eigenvalue weighted by Crippen LogP contribution is 2.15. The fourth-order valence-corrected chi connectivity index (χ4v) is 3.54. The van der Waals surface area contributed by atoms with Gasteiger partial charge in [-0.3, -0.25) is 9.57 Å². The van der Waals surface area contributed by atoms with Gasteiger partial charge in [0.15, 0.2) is 0 Å². The quantitative estimate of drug-likeness (QED) is 0.928. The standard InChI is InChI=1S/C18H18N2O2S/c1-23(19,22)12-14-8-6-13(7-9-14)10-16-11-15-4-2-3-5-17(15)20-18(16)21/h2-9,11,16,19H,10,12H2,1H3. The predicted octanol–water partition coefficient (Wildman–Crippen LogP) is 1.66. The van der Waals surface area contributed by atoms with E-state index in [4.69, 9.17) is 4.78 Å². The molecule has 0 saturated heterocycles. The molecule has 0 fully saturated rings. The molecule has 0 spiro atoms. The van der Waals surface area contributed by atoms with E-state index >= 15 is 0 Å². The van der Waals surface area contributed by atoms with Crippen molar-refractivity contribution in [2.45, 2.75) is 12.2 Å². The molecule has 1 amide bonds. The molecule has 0 bridgehead atoms. The number of para-hydroxylation sites is 1. The van der Waals surface area contributed by atoms with Crippen LogP contribution in [-0.2, 0) is 26.7 Å². The summed E-state index contributed by atoms with van der Waals surface area (Å²) in [6, 6.07) is 15.3. The molecular formula is C18H18N2O2S. The zero-order valence-electron chi connectivity index (χ0n) is 12.9. The van der Waals surface area contributed by atoms with Crippen LogP contribution in [0.3, 0.4) is 0 Å². The summed E-state index contributed by atoms with van der Waals surface area (Å²) in [6.45, 7) is 0. The van der Waals surface area contributed by atoms with Gasteiger partial charge in [0.1, 0.15) is 0 Å². The van der Waals surface area contributed by atoms with E-state index in [-0.39, 0.29) is 17.6 Å². The van der Waals surface area contributed by atoms with Crippen LogP contribution < -0.4 is 10.6 Å². The van der Waals surface area contributed by atoms with E-state index in [1.165, 1.54) is 6.26 Å². The average molecular weight is 326 g/mol. The van der Waals surface area contributed by atoms with E-state index in [2.05, 4.69) is 4.99 Å². The van der Waals surface area contributed by atoms with Crippen molar-refractivity contribution >= 4 is 21.7 Å². The Balaban J connectivity index is 1.80. The Kier molecular flexibility index (Phi) is 4.13. The number of benzene rings is 2. The van der Waals surface area contributed by atoms with Gasteiger partial charge in [0.25, 0.3) is 5.91 Å². The lowest BCUT2D eigenvalue weighted by Gasteiger charge is -2.12. The van der Waals surface area contributed by atoms with E-state index < -0.39 is 9.73 Å². The molecule has 0 saturated carbocycles. The van der Waals surface area contributed by atoms with E-state index in [1.54, 1.807) is 0 Å². The fraction of sp³-hybridized carbons (Fsp3) is 0.222. The smallest absolute Gasteiger partial charge is 0.253 e. The average Bonchev–Trinajstić information content (AvgIpc) is 2.48. The van der Waals surface area contributed by atoms with Gasteiger partial charge in [-0.1, -0.05) is 48.5 Å². The van der Waals surface area contributed by atoms with Crippen LogP contribution in [0.4, 0.5) is 0 Å². The van der Waals surface area contributed by atoms with Crippen molar-refractivity contribution in [3.05, 3.63) is 70.2 Å². The van der Waals surface area contributed by atoms with Crippen LogP contribution in [-0.4, -0.2) is 16.4 Å². The van der Waals surface area contributed by atoms with Crippen LogP contribution in [0.25, 0.3) is 6.08 Å². The number of nitrogens with zero attached hydrogens (tertiary/aromatic N) is 1. The Bertz CT molecular complexity index is 961. The van der Waals surface area contributed by atoms with Crippen molar-refractivity contribution < 1.29 is 9.00 Å². The Morgan fingerprint density at radius 3 is 2.43 bits per heavy atom. The van der Waals surface area contributed by atoms with Gasteiger partial charge in [-0.25, -0.2) is 9.20 Å². The molecule has 1 heterocycles. The first-order valence-electron chi connectivity index (χ1n) is 7.39. The lowest BCUT2D eigenvalue weighted by Crippen LogP contribution is -2.34. The normalized spacial score (nSPS) is 19.2. The Morgan fingerprint density at radius 1 is 1.09 bits per heavy atom. The second-order valence-electron chi connectivity index (χ2n) is 5.95. The zero-order chi connectivity index (χ0) is 16.4. The predicted molar refractivity (Wildman–Crippen MR) is 90.8 cm³/mol. The van der Waals surface area contributed by atoms with Crippen LogP contribution >= 0.6 is 0 Å². The molecule has 0 aromatic heterocycles. The van der Waals surface area contributed by atoms with Crippen LogP contribution in [0.2, 0.25) is 0 Å². The number of carbonyl (C=O) groups excluding carboxylic acids is 1. The van der Waals surface area contributed by atoms with Gasteiger partial charge in [-0.2, -0.15) is 0 Å². The lowest BCUT2D eigenvalue weighted by atomic mass is 9.95. The topological polar surface area (TPSA) is 70.3 Å². The molecule has 0 radical (unpaired) electrons. The van der Waals surface area contributed by atoms with Crippen molar-refractivity contribution in [3.8, 4) is 0 Å². The first-order valence-corrected chi connectivity index (χ1v) is 9.53. The lowest BCUT2D eigenvalue weighted by molar-refractivity contribution is -0.120. The summed E-state index contributed by atoms with van der Waals surface area (Å²) in [5, 5.41) is 1.73. The van der Waals surface area contributed by atoms with Crippen molar-refractivity contribution in [2.75, 3.05) is 6.26 Å². The first-order chi connectivity index (χ1) is 10.9. The monoisotopic (exact) mass is 326 g/mol. The summed E-state index contributed by atoms with van der Waals surface area (Å²) < 4.78 is 19.0. The molecule has 5 heteroatoms. The third-order valence-electron chi connectivity index (χ3n) is 3.79. The minimum Gasteiger partial charge on any atom is -0.272 e. The maximum atomic E-state index is 12.2. The number of fused-ring (bicyclic) bond motifs is 1. The van der Waals surface area contributed by atoms with Gasteiger partial charge in [0.05, 0.1) is 17.0 Å². The van der Waals surface area contributed by atoms with Gasteiger partial charge < -0.3 is 0 Å². The van der Waals surface area contributed by atoms with Crippen molar-refractivity contribution in [3.63, 3.8) is 0 Å². The third kappa shape index (κ3) is 3.93. The number of carbonyl (C=O) groups is 1. The Labute approximate surface area is 135 Å². The van der Waals surface area contributed by atoms with E-state index in [0.717, 1.165) is 21.7 Å². The molecule has 2 aromatic rings. The summed E-state index contributed by atoms with van der Waals surface area (Å²) in [5.74, 6) is -0.109. The molecular weight excluding hydrogens is 308 g/mol. The third-order valence-corrected chi connectivity index (χ3v) is 4.67. The molecule has 1 aliphatic rings. The highest BCUT2D eigenvalue weighted by Gasteiger charge is 2.18. The van der Waals surface area contributed by atoms with Crippen molar-refractivity contribution in [1.29, 1.82) is 4.78 Å². The Morgan fingerprint density at radius 2 is 1.74 bits per heavy atom. The maximum absolute atomic E-state index is 12.2. The molecule has 23 heavy (non-hydrogen) atoms. The van der Waals surface area contributed by atoms with Crippen LogP contribution in [0.5, 0.6) is 0 Å². The molecule has 4 nitrogen and oxygen atoms in total. The Hall–Kier alpha value is -2.27. The SMILES string of the molecule is CS(=N)(=O)Cc1ccc(CC2C=c3ccccc3=NC2=O)cc1. The zero-order valence-corrected chi connectivity index (χ0v) is 13.7. The molecule has 0 aliphatic carbocycles. The van der Waals surface area contributed by atoms with Gasteiger partial charge in [-0.05, 0) is 28.8 Å². The number of hydrogen-bond donors (Lipinski definition) is 1. The summed E-state index contributed by atoms with van der Waals surface area (Å²) >= 11 is 0. The first kappa shape index (κ1) is 15.6.